The minimum Gasteiger partial charge on any atom is -0.333 e. The van der Waals surface area contributed by atoms with Crippen molar-refractivity contribution in [1.29, 1.82) is 0 Å². The molecule has 1 N–H and O–H groups in total. The van der Waals surface area contributed by atoms with Crippen LogP contribution in [0.2, 0.25) is 5.02 Å². The lowest BCUT2D eigenvalue weighted by molar-refractivity contribution is -0.387. The molecule has 0 fully saturated rings. The molecule has 0 saturated heterocycles. The predicted molar refractivity (Wildman–Crippen MR) is 78.3 cm³/mol. The monoisotopic (exact) mass is 305 g/mol. The molecule has 0 unspecified atom stereocenters. The molecule has 0 radical (unpaired) electrons. The van der Waals surface area contributed by atoms with Gasteiger partial charge in [0, 0.05) is 11.1 Å². The fourth-order valence-corrected chi connectivity index (χ4v) is 2.88. The zero-order valence-electron chi connectivity index (χ0n) is 10.0. The fourth-order valence-electron chi connectivity index (χ4n) is 1.81. The van der Waals surface area contributed by atoms with Crippen molar-refractivity contribution >= 4 is 40.1 Å². The van der Waals surface area contributed by atoms with E-state index in [1.54, 1.807) is 36.4 Å². The van der Waals surface area contributed by atoms with E-state index in [0.29, 0.717) is 15.1 Å². The van der Waals surface area contributed by atoms with Crippen LogP contribution in [0.25, 0.3) is 11.0 Å². The van der Waals surface area contributed by atoms with E-state index in [2.05, 4.69) is 9.97 Å². The summed E-state index contributed by atoms with van der Waals surface area (Å²) in [6.07, 6.45) is 0. The molecule has 0 spiro atoms. The number of imidazole rings is 1. The minimum absolute atomic E-state index is 0.0657. The van der Waals surface area contributed by atoms with Crippen molar-refractivity contribution in [2.24, 2.45) is 0 Å². The highest BCUT2D eigenvalue weighted by Crippen LogP contribution is 2.34. The molecular weight excluding hydrogens is 298 g/mol. The number of fused-ring (bicyclic) bond motifs is 1. The molecule has 0 bridgehead atoms. The van der Waals surface area contributed by atoms with Gasteiger partial charge < -0.3 is 4.98 Å². The van der Waals surface area contributed by atoms with Crippen LogP contribution in [0, 0.1) is 10.1 Å². The van der Waals surface area contributed by atoms with Gasteiger partial charge in [-0.2, -0.15) is 0 Å². The Balaban J connectivity index is 1.99. The number of aromatic amines is 1. The Bertz CT molecular complexity index is 803. The molecule has 0 saturated carbocycles. The number of nitrogens with one attached hydrogen (secondary N) is 1. The number of H-pyrrole nitrogens is 1. The van der Waals surface area contributed by atoms with E-state index in [-0.39, 0.29) is 5.69 Å². The third-order valence-corrected chi connectivity index (χ3v) is 3.88. The summed E-state index contributed by atoms with van der Waals surface area (Å²) in [5.41, 5.74) is 1.64. The summed E-state index contributed by atoms with van der Waals surface area (Å²) < 4.78 is 0. The van der Waals surface area contributed by atoms with Gasteiger partial charge in [0.05, 0.1) is 20.9 Å². The largest absolute Gasteiger partial charge is 0.333 e. The topological polar surface area (TPSA) is 71.8 Å². The number of hydrogen-bond acceptors (Lipinski definition) is 4. The van der Waals surface area contributed by atoms with Crippen molar-refractivity contribution in [3.8, 4) is 0 Å². The SMILES string of the molecule is O=[N+]([O-])c1ccccc1Sc1nc2ccc(Cl)cc2[nH]1. The van der Waals surface area contributed by atoms with Gasteiger partial charge in [-0.25, -0.2) is 4.98 Å². The quantitative estimate of drug-likeness (QED) is 0.579. The molecule has 0 atom stereocenters. The summed E-state index contributed by atoms with van der Waals surface area (Å²) in [6.45, 7) is 0. The second kappa shape index (κ2) is 5.15. The van der Waals surface area contributed by atoms with Gasteiger partial charge in [0.1, 0.15) is 0 Å². The third-order valence-electron chi connectivity index (χ3n) is 2.69. The van der Waals surface area contributed by atoms with Gasteiger partial charge in [-0.05, 0) is 36.0 Å². The predicted octanol–water partition coefficient (Wildman–Crippen LogP) is 4.28. The summed E-state index contributed by atoms with van der Waals surface area (Å²) in [4.78, 5) is 18.6. The normalized spacial score (nSPS) is 10.8. The molecule has 1 heterocycles. The lowest BCUT2D eigenvalue weighted by Gasteiger charge is -1.99. The first-order valence-corrected chi connectivity index (χ1v) is 6.89. The first-order chi connectivity index (χ1) is 9.63. The van der Waals surface area contributed by atoms with Crippen LogP contribution in [-0.4, -0.2) is 14.9 Å². The Morgan fingerprint density at radius 1 is 1.25 bits per heavy atom. The lowest BCUT2D eigenvalue weighted by atomic mass is 10.3. The molecule has 20 heavy (non-hydrogen) atoms. The number of nitro groups is 1. The second-order valence-electron chi connectivity index (χ2n) is 4.03. The summed E-state index contributed by atoms with van der Waals surface area (Å²) in [5.74, 6) is 0. The number of rotatable bonds is 3. The highest BCUT2D eigenvalue weighted by molar-refractivity contribution is 7.99. The number of aromatic nitrogens is 2. The maximum atomic E-state index is 11.0. The number of hydrogen-bond donors (Lipinski definition) is 1. The van der Waals surface area contributed by atoms with Crippen LogP contribution in [0.1, 0.15) is 0 Å². The van der Waals surface area contributed by atoms with Crippen molar-refractivity contribution in [3.05, 3.63) is 57.6 Å². The van der Waals surface area contributed by atoms with E-state index in [4.69, 9.17) is 11.6 Å². The van der Waals surface area contributed by atoms with Crippen LogP contribution < -0.4 is 0 Å². The van der Waals surface area contributed by atoms with E-state index < -0.39 is 4.92 Å². The molecule has 1 aromatic heterocycles. The summed E-state index contributed by atoms with van der Waals surface area (Å²) in [5, 5.41) is 12.2. The number of para-hydroxylation sites is 1. The van der Waals surface area contributed by atoms with E-state index in [1.165, 1.54) is 17.8 Å². The van der Waals surface area contributed by atoms with Gasteiger partial charge in [-0.15, -0.1) is 0 Å². The fraction of sp³-hybridized carbons (Fsp3) is 0. The van der Waals surface area contributed by atoms with Crippen molar-refractivity contribution < 1.29 is 4.92 Å². The van der Waals surface area contributed by atoms with Crippen LogP contribution in [0.4, 0.5) is 5.69 Å². The van der Waals surface area contributed by atoms with E-state index in [9.17, 15) is 10.1 Å². The van der Waals surface area contributed by atoms with Crippen molar-refractivity contribution in [1.82, 2.24) is 9.97 Å². The molecule has 3 rings (SSSR count). The van der Waals surface area contributed by atoms with Crippen molar-refractivity contribution in [2.75, 3.05) is 0 Å². The molecular formula is C13H8ClN3O2S. The highest BCUT2D eigenvalue weighted by atomic mass is 35.5. The maximum absolute atomic E-state index is 11.0. The van der Waals surface area contributed by atoms with Gasteiger partial charge in [0.2, 0.25) is 0 Å². The smallest absolute Gasteiger partial charge is 0.283 e. The Labute approximate surface area is 123 Å². The van der Waals surface area contributed by atoms with Crippen LogP contribution in [0.3, 0.4) is 0 Å². The van der Waals surface area contributed by atoms with Gasteiger partial charge in [-0.1, -0.05) is 23.7 Å². The third kappa shape index (κ3) is 2.48. The first kappa shape index (κ1) is 13.0. The average Bonchev–Trinajstić information content (AvgIpc) is 2.80. The molecule has 7 heteroatoms. The second-order valence-corrected chi connectivity index (χ2v) is 5.50. The van der Waals surface area contributed by atoms with Crippen LogP contribution >= 0.6 is 23.4 Å². The average molecular weight is 306 g/mol. The molecule has 0 amide bonds. The lowest BCUT2D eigenvalue weighted by Crippen LogP contribution is -1.90. The summed E-state index contributed by atoms with van der Waals surface area (Å²) in [6, 6.07) is 11.9. The molecule has 5 nitrogen and oxygen atoms in total. The summed E-state index contributed by atoms with van der Waals surface area (Å²) in [7, 11) is 0. The van der Waals surface area contributed by atoms with E-state index in [0.717, 1.165) is 11.0 Å². The highest BCUT2D eigenvalue weighted by Gasteiger charge is 2.15. The van der Waals surface area contributed by atoms with Gasteiger partial charge >= 0.3 is 0 Å². The van der Waals surface area contributed by atoms with Crippen LogP contribution in [-0.2, 0) is 0 Å². The molecule has 0 aliphatic carbocycles. The van der Waals surface area contributed by atoms with E-state index >= 15 is 0 Å². The molecule has 2 aromatic carbocycles. The maximum Gasteiger partial charge on any atom is 0.283 e. The first-order valence-electron chi connectivity index (χ1n) is 5.70. The number of benzene rings is 2. The Morgan fingerprint density at radius 2 is 2.05 bits per heavy atom. The Kier molecular flexibility index (Phi) is 3.33. The number of nitrogens with zero attached hydrogens (tertiary/aromatic N) is 2. The minimum atomic E-state index is -0.401. The number of nitro benzene ring substituents is 1. The zero-order chi connectivity index (χ0) is 14.1. The Morgan fingerprint density at radius 3 is 2.85 bits per heavy atom. The van der Waals surface area contributed by atoms with Crippen molar-refractivity contribution in [2.45, 2.75) is 10.1 Å². The molecule has 0 aliphatic rings. The zero-order valence-corrected chi connectivity index (χ0v) is 11.6. The molecule has 3 aromatic rings. The summed E-state index contributed by atoms with van der Waals surface area (Å²) >= 11 is 7.13. The van der Waals surface area contributed by atoms with Crippen LogP contribution in [0.5, 0.6) is 0 Å². The molecule has 0 aliphatic heterocycles. The number of halogens is 1. The molecule has 100 valence electrons. The Hall–Kier alpha value is -2.05. The van der Waals surface area contributed by atoms with Crippen LogP contribution in [0.15, 0.2) is 52.5 Å². The van der Waals surface area contributed by atoms with Gasteiger partial charge in [-0.3, -0.25) is 10.1 Å². The van der Waals surface area contributed by atoms with E-state index in [1.807, 2.05) is 0 Å². The van der Waals surface area contributed by atoms with Crippen molar-refractivity contribution in [3.63, 3.8) is 0 Å². The van der Waals surface area contributed by atoms with Gasteiger partial charge in [0.15, 0.2) is 5.16 Å². The standard InChI is InChI=1S/C13H8ClN3O2S/c14-8-5-6-9-10(7-8)16-13(15-9)20-12-4-2-1-3-11(12)17(18)19/h1-7H,(H,15,16). The van der Waals surface area contributed by atoms with Gasteiger partial charge in [0.25, 0.3) is 5.69 Å².